The number of benzene rings is 2. The molecule has 1 unspecified atom stereocenters. The molecule has 0 spiro atoms. The number of carbonyl (C=O) groups is 2. The molecule has 37 heavy (non-hydrogen) atoms. The van der Waals surface area contributed by atoms with Crippen LogP contribution in [0.5, 0.6) is 11.5 Å². The van der Waals surface area contributed by atoms with E-state index in [1.54, 1.807) is 18.2 Å². The minimum atomic E-state index is -0.788. The maximum atomic E-state index is 13.5. The number of nitrogens with zero attached hydrogens (tertiary/aromatic N) is 3. The van der Waals surface area contributed by atoms with Gasteiger partial charge in [-0.2, -0.15) is 0 Å². The summed E-state index contributed by atoms with van der Waals surface area (Å²) in [4.78, 5) is 33.7. The Hall–Kier alpha value is -3.82. The topological polar surface area (TPSA) is 82.5 Å². The minimum absolute atomic E-state index is 0.00149. The quantitative estimate of drug-likeness (QED) is 0.298. The number of Topliss-reactive ketones (excluding diaryl/α,β-unsaturated/α-hetero) is 1. The number of anilines is 2. The van der Waals surface area contributed by atoms with Crippen LogP contribution in [0.15, 0.2) is 65.6 Å². The molecule has 1 aromatic heterocycles. The number of hydrogen-bond donors (Lipinski definition) is 1. The second-order valence-corrected chi connectivity index (χ2v) is 10.0. The number of carbonyl (C=O) groups excluding carboxylic acids is 2. The third-order valence-electron chi connectivity index (χ3n) is 6.92. The van der Waals surface area contributed by atoms with Crippen LogP contribution in [0.1, 0.15) is 16.5 Å². The molecule has 5 rings (SSSR count). The molecule has 2 aliphatic rings. The molecule has 0 aliphatic carbocycles. The van der Waals surface area contributed by atoms with Gasteiger partial charge in [-0.3, -0.25) is 14.5 Å². The molecule has 2 aromatic carbocycles. The molecule has 2 fully saturated rings. The number of likely N-dealkylation sites (N-methyl/N-ethyl adjacent to an activating group) is 1. The molecule has 1 atom stereocenters. The van der Waals surface area contributed by atoms with Gasteiger partial charge >= 0.3 is 0 Å². The van der Waals surface area contributed by atoms with Crippen molar-refractivity contribution in [1.29, 1.82) is 0 Å². The van der Waals surface area contributed by atoms with Crippen LogP contribution in [0.4, 0.5) is 11.4 Å². The van der Waals surface area contributed by atoms with Gasteiger partial charge in [-0.25, -0.2) is 0 Å². The number of ether oxygens (including phenoxy) is 2. The van der Waals surface area contributed by atoms with Crippen LogP contribution in [-0.4, -0.2) is 69.1 Å². The van der Waals surface area contributed by atoms with Crippen molar-refractivity contribution in [3.05, 3.63) is 76.0 Å². The summed E-state index contributed by atoms with van der Waals surface area (Å²) in [5.41, 5.74) is 1.89. The van der Waals surface area contributed by atoms with Crippen molar-refractivity contribution in [2.24, 2.45) is 0 Å². The highest BCUT2D eigenvalue weighted by Crippen LogP contribution is 2.46. The lowest BCUT2D eigenvalue weighted by Gasteiger charge is -2.34. The van der Waals surface area contributed by atoms with E-state index in [4.69, 9.17) is 9.47 Å². The molecule has 1 N–H and O–H groups in total. The number of aliphatic hydroxyl groups is 1. The van der Waals surface area contributed by atoms with Crippen LogP contribution >= 0.6 is 11.3 Å². The van der Waals surface area contributed by atoms with E-state index < -0.39 is 17.7 Å². The lowest BCUT2D eigenvalue weighted by atomic mass is 9.98. The van der Waals surface area contributed by atoms with Crippen molar-refractivity contribution in [3.63, 3.8) is 0 Å². The van der Waals surface area contributed by atoms with E-state index >= 15 is 0 Å². The molecule has 3 heterocycles. The van der Waals surface area contributed by atoms with E-state index in [0.29, 0.717) is 17.2 Å². The SMILES string of the molecule is COc1cccc(OC)c1/C(O)=C1\C(=O)C(=O)N(c2ccc(N3CCN(C)CC3)cc2)C1c1cccs1. The van der Waals surface area contributed by atoms with Crippen LogP contribution in [0.2, 0.25) is 0 Å². The number of hydrogen-bond acceptors (Lipinski definition) is 8. The van der Waals surface area contributed by atoms with Gasteiger partial charge in [0.05, 0.1) is 19.8 Å². The Kier molecular flexibility index (Phi) is 6.90. The molecule has 8 nitrogen and oxygen atoms in total. The third kappa shape index (κ3) is 4.45. The highest BCUT2D eigenvalue weighted by Gasteiger charge is 2.48. The monoisotopic (exact) mass is 519 g/mol. The maximum absolute atomic E-state index is 13.5. The van der Waals surface area contributed by atoms with Gasteiger partial charge in [0.15, 0.2) is 0 Å². The molecule has 0 saturated carbocycles. The van der Waals surface area contributed by atoms with Gasteiger partial charge in [0.1, 0.15) is 28.9 Å². The smallest absolute Gasteiger partial charge is 0.300 e. The molecule has 2 aliphatic heterocycles. The molecule has 3 aromatic rings. The van der Waals surface area contributed by atoms with E-state index in [-0.39, 0.29) is 16.9 Å². The third-order valence-corrected chi connectivity index (χ3v) is 7.84. The summed E-state index contributed by atoms with van der Waals surface area (Å²) in [6.45, 7) is 3.83. The number of rotatable bonds is 6. The van der Waals surface area contributed by atoms with Crippen LogP contribution in [0.3, 0.4) is 0 Å². The van der Waals surface area contributed by atoms with Crippen LogP contribution in [0, 0.1) is 0 Å². The van der Waals surface area contributed by atoms with Gasteiger partial charge in [0.2, 0.25) is 0 Å². The van der Waals surface area contributed by atoms with Crippen molar-refractivity contribution >= 4 is 40.2 Å². The Balaban J connectivity index is 1.60. The summed E-state index contributed by atoms with van der Waals surface area (Å²) >= 11 is 1.42. The fraction of sp³-hybridized carbons (Fsp3) is 0.286. The fourth-order valence-corrected chi connectivity index (χ4v) is 5.75. The lowest BCUT2D eigenvalue weighted by molar-refractivity contribution is -0.132. The van der Waals surface area contributed by atoms with Gasteiger partial charge < -0.3 is 24.4 Å². The Morgan fingerprint density at radius 3 is 2.08 bits per heavy atom. The van der Waals surface area contributed by atoms with E-state index in [1.165, 1.54) is 30.5 Å². The lowest BCUT2D eigenvalue weighted by Crippen LogP contribution is -2.44. The zero-order valence-electron chi connectivity index (χ0n) is 21.0. The summed E-state index contributed by atoms with van der Waals surface area (Å²) in [6, 6.07) is 15.7. The number of ketones is 1. The second kappa shape index (κ2) is 10.3. The van der Waals surface area contributed by atoms with E-state index in [2.05, 4.69) is 16.8 Å². The van der Waals surface area contributed by atoms with E-state index in [1.807, 2.05) is 41.8 Å². The van der Waals surface area contributed by atoms with Crippen molar-refractivity contribution in [2.75, 3.05) is 57.2 Å². The first-order chi connectivity index (χ1) is 17.9. The predicted molar refractivity (Wildman–Crippen MR) is 145 cm³/mol. The number of piperazine rings is 1. The number of methoxy groups -OCH3 is 2. The number of aliphatic hydroxyl groups excluding tert-OH is 1. The molecule has 0 bridgehead atoms. The molecular formula is C28H29N3O5S. The van der Waals surface area contributed by atoms with Crippen LogP contribution < -0.4 is 19.3 Å². The molecule has 0 radical (unpaired) electrons. The highest BCUT2D eigenvalue weighted by atomic mass is 32.1. The molecule has 1 amide bonds. The Morgan fingerprint density at radius 1 is 0.892 bits per heavy atom. The maximum Gasteiger partial charge on any atom is 0.300 e. The van der Waals surface area contributed by atoms with Crippen LogP contribution in [0.25, 0.3) is 5.76 Å². The summed E-state index contributed by atoms with van der Waals surface area (Å²) in [6.07, 6.45) is 0. The summed E-state index contributed by atoms with van der Waals surface area (Å²) in [5.74, 6) is -1.11. The highest BCUT2D eigenvalue weighted by molar-refractivity contribution is 7.10. The zero-order valence-corrected chi connectivity index (χ0v) is 21.8. The largest absolute Gasteiger partial charge is 0.506 e. The molecule has 192 valence electrons. The van der Waals surface area contributed by atoms with Crippen LogP contribution in [-0.2, 0) is 9.59 Å². The normalized spacial score (nSPS) is 19.9. The first-order valence-electron chi connectivity index (χ1n) is 12.0. The molecule has 9 heteroatoms. The predicted octanol–water partition coefficient (Wildman–Crippen LogP) is 4.14. The standard InChI is InChI=1S/C28H29N3O5S/c1-29-13-15-30(16-14-29)18-9-11-19(12-10-18)31-25(22-8-5-17-37-22)24(27(33)28(31)34)26(32)23-20(35-2)6-4-7-21(23)36-3/h4-12,17,25,32H,13-16H2,1-3H3/b26-24+. The minimum Gasteiger partial charge on any atom is -0.506 e. The van der Waals surface area contributed by atoms with Crippen molar-refractivity contribution in [2.45, 2.75) is 6.04 Å². The van der Waals surface area contributed by atoms with Gasteiger partial charge in [0.25, 0.3) is 11.7 Å². The first-order valence-corrected chi connectivity index (χ1v) is 12.9. The Morgan fingerprint density at radius 2 is 1.51 bits per heavy atom. The number of amides is 1. The summed E-state index contributed by atoms with van der Waals surface area (Å²) in [7, 11) is 5.06. The van der Waals surface area contributed by atoms with Crippen molar-refractivity contribution < 1.29 is 24.2 Å². The number of thiophene rings is 1. The van der Waals surface area contributed by atoms with Gasteiger partial charge in [-0.1, -0.05) is 12.1 Å². The Bertz CT molecular complexity index is 1310. The molecular weight excluding hydrogens is 490 g/mol. The van der Waals surface area contributed by atoms with Crippen molar-refractivity contribution in [1.82, 2.24) is 4.90 Å². The van der Waals surface area contributed by atoms with Crippen molar-refractivity contribution in [3.8, 4) is 11.5 Å². The van der Waals surface area contributed by atoms with Gasteiger partial charge in [0, 0.05) is 42.4 Å². The summed E-state index contributed by atoms with van der Waals surface area (Å²) < 4.78 is 10.9. The summed E-state index contributed by atoms with van der Waals surface area (Å²) in [5, 5.41) is 13.4. The van der Waals surface area contributed by atoms with Gasteiger partial charge in [-0.15, -0.1) is 11.3 Å². The second-order valence-electron chi connectivity index (χ2n) is 9.03. The van der Waals surface area contributed by atoms with E-state index in [0.717, 1.165) is 36.7 Å². The first kappa shape index (κ1) is 24.9. The zero-order chi connectivity index (χ0) is 26.1. The van der Waals surface area contributed by atoms with Gasteiger partial charge in [-0.05, 0) is 54.9 Å². The average Bonchev–Trinajstić information content (AvgIpc) is 3.55. The Labute approximate surface area is 219 Å². The average molecular weight is 520 g/mol. The molecule has 2 saturated heterocycles. The fourth-order valence-electron chi connectivity index (χ4n) is 4.92. The van der Waals surface area contributed by atoms with E-state index in [9.17, 15) is 14.7 Å².